The first-order valence-electron chi connectivity index (χ1n) is 12.7. The fourth-order valence-corrected chi connectivity index (χ4v) is 4.97. The van der Waals surface area contributed by atoms with E-state index >= 15 is 0 Å². The van der Waals surface area contributed by atoms with Crippen molar-refractivity contribution in [3.8, 4) is 28.7 Å². The number of carbonyl (C=O) groups is 2. The molecule has 40 heavy (non-hydrogen) atoms. The van der Waals surface area contributed by atoms with Crippen LogP contribution < -0.4 is 18.9 Å². The molecule has 4 aromatic rings. The number of ether oxygens (including phenoxy) is 4. The molecular weight excluding hydrogens is 532 g/mol. The standard InChI is InChI=1S/C32H27ClO7/c1-37-22-12-6-19(7-13-22)16-17-39-32-23(4-3-5-27(32)38-2)25-18-28(34)40-26-15-14-24(31(36)29(25)26)30(35)20-8-10-21(33)11-9-20/h3-15,25,36H,16-18H2,1-2H3. The van der Waals surface area contributed by atoms with E-state index in [0.717, 1.165) is 11.3 Å². The van der Waals surface area contributed by atoms with E-state index in [0.29, 0.717) is 46.2 Å². The van der Waals surface area contributed by atoms with E-state index in [1.54, 1.807) is 50.6 Å². The van der Waals surface area contributed by atoms with Crippen molar-refractivity contribution in [2.24, 2.45) is 0 Å². The Kier molecular flexibility index (Phi) is 7.94. The lowest BCUT2D eigenvalue weighted by molar-refractivity contribution is -0.135. The number of halogens is 1. The molecule has 0 bridgehead atoms. The molecule has 0 amide bonds. The molecule has 0 saturated carbocycles. The van der Waals surface area contributed by atoms with Crippen LogP contribution in [0.3, 0.4) is 0 Å². The summed E-state index contributed by atoms with van der Waals surface area (Å²) in [6.45, 7) is 0.338. The number of ketones is 1. The molecule has 0 spiro atoms. The summed E-state index contributed by atoms with van der Waals surface area (Å²) in [6, 6.07) is 22.5. The van der Waals surface area contributed by atoms with Crippen LogP contribution in [0.15, 0.2) is 78.9 Å². The van der Waals surface area contributed by atoms with Crippen LogP contribution in [0.25, 0.3) is 0 Å². The predicted octanol–water partition coefficient (Wildman–Crippen LogP) is 6.36. The molecule has 1 heterocycles. The highest BCUT2D eigenvalue weighted by Crippen LogP contribution is 2.49. The summed E-state index contributed by atoms with van der Waals surface area (Å²) in [4.78, 5) is 25.9. The molecule has 8 heteroatoms. The van der Waals surface area contributed by atoms with Gasteiger partial charge in [-0.25, -0.2) is 0 Å². The first kappa shape index (κ1) is 27.1. The maximum atomic E-state index is 13.3. The molecule has 0 aliphatic carbocycles. The van der Waals surface area contributed by atoms with Crippen molar-refractivity contribution >= 4 is 23.4 Å². The Hall–Kier alpha value is -4.49. The first-order valence-corrected chi connectivity index (χ1v) is 13.1. The van der Waals surface area contributed by atoms with Gasteiger partial charge in [-0.2, -0.15) is 0 Å². The highest BCUT2D eigenvalue weighted by Gasteiger charge is 2.35. The summed E-state index contributed by atoms with van der Waals surface area (Å²) >= 11 is 5.98. The lowest BCUT2D eigenvalue weighted by Gasteiger charge is -2.28. The van der Waals surface area contributed by atoms with Crippen molar-refractivity contribution in [1.82, 2.24) is 0 Å². The van der Waals surface area contributed by atoms with Gasteiger partial charge in [-0.15, -0.1) is 0 Å². The maximum absolute atomic E-state index is 13.3. The molecule has 1 N–H and O–H groups in total. The van der Waals surface area contributed by atoms with Gasteiger partial charge in [-0.05, 0) is 60.2 Å². The number of methoxy groups -OCH3 is 2. The minimum absolute atomic E-state index is 0.0544. The summed E-state index contributed by atoms with van der Waals surface area (Å²) in [5.74, 6) is 0.183. The van der Waals surface area contributed by atoms with E-state index in [9.17, 15) is 14.7 Å². The Bertz CT molecular complexity index is 1550. The topological polar surface area (TPSA) is 91.3 Å². The van der Waals surface area contributed by atoms with E-state index < -0.39 is 11.9 Å². The van der Waals surface area contributed by atoms with Crippen LogP contribution in [-0.4, -0.2) is 37.7 Å². The van der Waals surface area contributed by atoms with E-state index in [-0.39, 0.29) is 29.3 Å². The summed E-state index contributed by atoms with van der Waals surface area (Å²) in [5, 5.41) is 11.9. The number of rotatable bonds is 9. The average Bonchev–Trinajstić information content (AvgIpc) is 2.97. The third-order valence-corrected chi connectivity index (χ3v) is 7.12. The Morgan fingerprint density at radius 3 is 2.42 bits per heavy atom. The van der Waals surface area contributed by atoms with Gasteiger partial charge in [0.2, 0.25) is 0 Å². The number of benzene rings is 4. The number of para-hydroxylation sites is 1. The number of hydrogen-bond donors (Lipinski definition) is 1. The molecule has 4 aromatic carbocycles. The number of fused-ring (bicyclic) bond motifs is 1. The zero-order chi connectivity index (χ0) is 28.2. The van der Waals surface area contributed by atoms with Crippen LogP contribution in [0.1, 0.15) is 45.0 Å². The molecule has 1 aliphatic rings. The number of phenols is 1. The molecule has 1 unspecified atom stereocenters. The largest absolute Gasteiger partial charge is 0.507 e. The number of phenolic OH excluding ortho intramolecular Hbond substituents is 1. The normalized spacial score (nSPS) is 14.2. The fraction of sp³-hybridized carbons (Fsp3) is 0.188. The Labute approximate surface area is 236 Å². The minimum Gasteiger partial charge on any atom is -0.507 e. The van der Waals surface area contributed by atoms with Gasteiger partial charge < -0.3 is 24.1 Å². The Morgan fingerprint density at radius 1 is 0.975 bits per heavy atom. The molecular formula is C32H27ClO7. The highest BCUT2D eigenvalue weighted by molar-refractivity contribution is 6.30. The number of hydrogen-bond acceptors (Lipinski definition) is 7. The van der Waals surface area contributed by atoms with Crippen LogP contribution in [0.2, 0.25) is 5.02 Å². The molecule has 1 aliphatic heterocycles. The Balaban J connectivity index is 1.50. The summed E-state index contributed by atoms with van der Waals surface area (Å²) in [6.07, 6.45) is 0.566. The minimum atomic E-state index is -0.639. The fourth-order valence-electron chi connectivity index (χ4n) is 4.84. The van der Waals surface area contributed by atoms with Gasteiger partial charge in [0, 0.05) is 34.1 Å². The van der Waals surface area contributed by atoms with Gasteiger partial charge >= 0.3 is 5.97 Å². The van der Waals surface area contributed by atoms with E-state index in [1.807, 2.05) is 30.3 Å². The quantitative estimate of drug-likeness (QED) is 0.145. The number of esters is 1. The van der Waals surface area contributed by atoms with E-state index in [4.69, 9.17) is 30.5 Å². The van der Waals surface area contributed by atoms with Gasteiger partial charge in [0.1, 0.15) is 17.2 Å². The lowest BCUT2D eigenvalue weighted by Crippen LogP contribution is -2.22. The first-order chi connectivity index (χ1) is 19.4. The maximum Gasteiger partial charge on any atom is 0.312 e. The molecule has 204 valence electrons. The van der Waals surface area contributed by atoms with Gasteiger partial charge in [-0.3, -0.25) is 9.59 Å². The zero-order valence-corrected chi connectivity index (χ0v) is 22.7. The SMILES string of the molecule is COc1ccc(CCOc2c(OC)cccc2C2CC(=O)Oc3ccc(C(=O)c4ccc(Cl)cc4)c(O)c32)cc1. The number of carbonyl (C=O) groups excluding carboxylic acids is 2. The monoisotopic (exact) mass is 558 g/mol. The summed E-state index contributed by atoms with van der Waals surface area (Å²) in [7, 11) is 3.16. The van der Waals surface area contributed by atoms with Crippen LogP contribution in [0.5, 0.6) is 28.7 Å². The highest BCUT2D eigenvalue weighted by atomic mass is 35.5. The van der Waals surface area contributed by atoms with Crippen molar-refractivity contribution in [3.05, 3.63) is 112 Å². The van der Waals surface area contributed by atoms with Crippen LogP contribution in [-0.2, 0) is 11.2 Å². The predicted molar refractivity (Wildman–Crippen MR) is 150 cm³/mol. The zero-order valence-electron chi connectivity index (χ0n) is 22.0. The smallest absolute Gasteiger partial charge is 0.312 e. The lowest BCUT2D eigenvalue weighted by atomic mass is 9.83. The molecule has 0 saturated heterocycles. The van der Waals surface area contributed by atoms with E-state index in [2.05, 4.69) is 0 Å². The van der Waals surface area contributed by atoms with Gasteiger partial charge in [0.25, 0.3) is 0 Å². The molecule has 0 aromatic heterocycles. The van der Waals surface area contributed by atoms with Crippen molar-refractivity contribution in [2.45, 2.75) is 18.8 Å². The van der Waals surface area contributed by atoms with Gasteiger partial charge in [0.05, 0.1) is 32.8 Å². The number of aromatic hydroxyl groups is 1. The van der Waals surface area contributed by atoms with Crippen molar-refractivity contribution in [2.75, 3.05) is 20.8 Å². The second-order valence-electron chi connectivity index (χ2n) is 9.27. The van der Waals surface area contributed by atoms with Crippen molar-refractivity contribution < 1.29 is 33.6 Å². The molecule has 5 rings (SSSR count). The molecule has 1 atom stereocenters. The second-order valence-corrected chi connectivity index (χ2v) is 9.70. The van der Waals surface area contributed by atoms with Crippen LogP contribution in [0, 0.1) is 0 Å². The molecule has 0 fully saturated rings. The van der Waals surface area contributed by atoms with Crippen molar-refractivity contribution in [1.29, 1.82) is 0 Å². The third-order valence-electron chi connectivity index (χ3n) is 6.87. The third kappa shape index (κ3) is 5.46. The summed E-state index contributed by atoms with van der Waals surface area (Å²) in [5.41, 5.74) is 2.50. The Morgan fingerprint density at radius 2 is 1.73 bits per heavy atom. The summed E-state index contributed by atoms with van der Waals surface area (Å²) < 4.78 is 22.5. The average molecular weight is 559 g/mol. The van der Waals surface area contributed by atoms with Crippen molar-refractivity contribution in [3.63, 3.8) is 0 Å². The second kappa shape index (κ2) is 11.7. The molecule has 7 nitrogen and oxygen atoms in total. The van der Waals surface area contributed by atoms with Crippen LogP contribution >= 0.6 is 11.6 Å². The van der Waals surface area contributed by atoms with E-state index in [1.165, 1.54) is 12.1 Å². The van der Waals surface area contributed by atoms with Gasteiger partial charge in [0.15, 0.2) is 17.3 Å². The van der Waals surface area contributed by atoms with Gasteiger partial charge in [-0.1, -0.05) is 35.9 Å². The van der Waals surface area contributed by atoms with Crippen LogP contribution in [0.4, 0.5) is 0 Å². The molecule has 0 radical (unpaired) electrons.